The molecule has 0 aliphatic carbocycles. The number of guanidine groups is 1. The summed E-state index contributed by atoms with van der Waals surface area (Å²) in [5, 5.41) is 10.5. The van der Waals surface area contributed by atoms with Crippen molar-refractivity contribution in [2.45, 2.75) is 25.4 Å². The average Bonchev–Trinajstić information content (AvgIpc) is 3.24. The van der Waals surface area contributed by atoms with Crippen LogP contribution in [0.15, 0.2) is 46.8 Å². The molecule has 0 atom stereocenters. The van der Waals surface area contributed by atoms with E-state index in [1.54, 1.807) is 0 Å². The molecule has 5 nitrogen and oxygen atoms in total. The number of hydrogen-bond donors (Lipinski definition) is 2. The number of halogens is 2. The number of hydrogen-bond acceptors (Lipinski definition) is 4. The summed E-state index contributed by atoms with van der Waals surface area (Å²) in [4.78, 5) is 9.04. The average molecular weight is 531 g/mol. The zero-order chi connectivity index (χ0) is 19.8. The molecule has 1 aromatic heterocycles. The summed E-state index contributed by atoms with van der Waals surface area (Å²) in [7, 11) is 3.89. The van der Waals surface area contributed by atoms with Gasteiger partial charge in [0.05, 0.1) is 5.00 Å². The van der Waals surface area contributed by atoms with Gasteiger partial charge in [0.25, 0.3) is 0 Å². The summed E-state index contributed by atoms with van der Waals surface area (Å²) in [6.45, 7) is 4.65. The Labute approximate surface area is 194 Å². The van der Waals surface area contributed by atoms with Crippen molar-refractivity contribution in [1.29, 1.82) is 0 Å². The van der Waals surface area contributed by atoms with Crippen molar-refractivity contribution >= 4 is 46.3 Å². The smallest absolute Gasteiger partial charge is 0.191 e. The van der Waals surface area contributed by atoms with Crippen LogP contribution in [-0.2, 0) is 6.54 Å². The first-order valence-electron chi connectivity index (χ1n) is 9.82. The Morgan fingerprint density at radius 1 is 1.24 bits per heavy atom. The van der Waals surface area contributed by atoms with Crippen molar-refractivity contribution in [3.05, 3.63) is 53.2 Å². The van der Waals surface area contributed by atoms with Gasteiger partial charge in [0, 0.05) is 45.8 Å². The normalized spacial score (nSPS) is 15.3. The van der Waals surface area contributed by atoms with E-state index in [1.165, 1.54) is 17.1 Å². The first-order chi connectivity index (χ1) is 13.6. The van der Waals surface area contributed by atoms with Crippen molar-refractivity contribution < 1.29 is 4.39 Å². The van der Waals surface area contributed by atoms with Gasteiger partial charge in [-0.25, -0.2) is 4.39 Å². The van der Waals surface area contributed by atoms with Crippen molar-refractivity contribution in [1.82, 2.24) is 15.5 Å². The third-order valence-corrected chi connectivity index (χ3v) is 5.96. The minimum atomic E-state index is -0.191. The fourth-order valence-electron chi connectivity index (χ4n) is 3.43. The molecule has 1 saturated heterocycles. The molecule has 2 heterocycles. The largest absolute Gasteiger partial charge is 0.363 e. The third kappa shape index (κ3) is 7.75. The van der Waals surface area contributed by atoms with Crippen LogP contribution in [-0.4, -0.2) is 57.2 Å². The number of rotatable bonds is 7. The highest BCUT2D eigenvalue weighted by atomic mass is 127. The summed E-state index contributed by atoms with van der Waals surface area (Å²) in [5.41, 5.74) is 1.11. The van der Waals surface area contributed by atoms with Crippen molar-refractivity contribution in [2.75, 3.05) is 45.2 Å². The minimum absolute atomic E-state index is 0. The van der Waals surface area contributed by atoms with E-state index < -0.39 is 0 Å². The van der Waals surface area contributed by atoms with Gasteiger partial charge in [-0.1, -0.05) is 12.1 Å². The molecule has 160 valence electrons. The number of likely N-dealkylation sites (N-methyl/N-ethyl adjacent to an activating group) is 1. The molecule has 8 heteroatoms. The minimum Gasteiger partial charge on any atom is -0.363 e. The summed E-state index contributed by atoms with van der Waals surface area (Å²) in [6, 6.07) is 11.5. The van der Waals surface area contributed by atoms with Gasteiger partial charge in [0.15, 0.2) is 5.96 Å². The number of nitrogens with zero attached hydrogens (tertiary/aromatic N) is 3. The van der Waals surface area contributed by atoms with E-state index in [0.29, 0.717) is 6.04 Å². The molecule has 0 spiro atoms. The molecule has 0 radical (unpaired) electrons. The zero-order valence-corrected chi connectivity index (χ0v) is 20.3. The lowest BCUT2D eigenvalue weighted by molar-refractivity contribution is 0.330. The van der Waals surface area contributed by atoms with Crippen LogP contribution in [0.4, 0.5) is 9.39 Å². The lowest BCUT2D eigenvalue weighted by Crippen LogP contribution is -2.49. The summed E-state index contributed by atoms with van der Waals surface area (Å²) in [6.07, 6.45) is 2.23. The second kappa shape index (κ2) is 12.3. The predicted octanol–water partition coefficient (Wildman–Crippen LogP) is 3.77. The van der Waals surface area contributed by atoms with Gasteiger partial charge < -0.3 is 20.4 Å². The van der Waals surface area contributed by atoms with Gasteiger partial charge in [0.2, 0.25) is 0 Å². The number of piperidine rings is 1. The molecule has 29 heavy (non-hydrogen) atoms. The van der Waals surface area contributed by atoms with E-state index in [1.807, 2.05) is 30.5 Å². The highest BCUT2D eigenvalue weighted by Gasteiger charge is 2.20. The topological polar surface area (TPSA) is 42.9 Å². The monoisotopic (exact) mass is 531 g/mol. The fraction of sp³-hybridized carbons (Fsp3) is 0.476. The van der Waals surface area contributed by atoms with E-state index in [9.17, 15) is 4.39 Å². The Kier molecular flexibility index (Phi) is 10.2. The van der Waals surface area contributed by atoms with Crippen molar-refractivity contribution in [3.63, 3.8) is 0 Å². The molecular weight excluding hydrogens is 500 g/mol. The van der Waals surface area contributed by atoms with Crippen molar-refractivity contribution in [2.24, 2.45) is 4.99 Å². The molecule has 1 aliphatic rings. The van der Waals surface area contributed by atoms with Crippen LogP contribution in [0.2, 0.25) is 0 Å². The van der Waals surface area contributed by atoms with Crippen LogP contribution in [0.1, 0.15) is 18.4 Å². The number of thiophene rings is 1. The summed E-state index contributed by atoms with van der Waals surface area (Å²) in [5.74, 6) is 0.675. The Morgan fingerprint density at radius 3 is 2.59 bits per heavy atom. The first kappa shape index (κ1) is 23.9. The van der Waals surface area contributed by atoms with Crippen LogP contribution in [0.5, 0.6) is 0 Å². The van der Waals surface area contributed by atoms with Crippen LogP contribution < -0.4 is 15.5 Å². The second-order valence-corrected chi connectivity index (χ2v) is 8.15. The van der Waals surface area contributed by atoms with E-state index in [0.717, 1.165) is 57.1 Å². The van der Waals surface area contributed by atoms with E-state index in [-0.39, 0.29) is 29.8 Å². The maximum atomic E-state index is 13.0. The van der Waals surface area contributed by atoms with Gasteiger partial charge in [0.1, 0.15) is 5.82 Å². The van der Waals surface area contributed by atoms with Crippen LogP contribution >= 0.6 is 35.3 Å². The van der Waals surface area contributed by atoms with E-state index in [2.05, 4.69) is 50.0 Å². The van der Waals surface area contributed by atoms with E-state index in [4.69, 9.17) is 0 Å². The molecule has 2 aromatic rings. The summed E-state index contributed by atoms with van der Waals surface area (Å²) < 4.78 is 13.0. The first-order valence-corrected chi connectivity index (χ1v) is 10.7. The molecule has 1 aromatic carbocycles. The predicted molar refractivity (Wildman–Crippen MR) is 132 cm³/mol. The standard InChI is InChI=1S/C21H30FN5S.HI/c1-23-21(24-11-14-26(2)16-17-5-7-18(22)8-6-17)25-19-9-12-27(13-10-19)20-4-3-15-28-20;/h3-8,15,19H,9-14,16H2,1-2H3,(H2,23,24,25);1H. The third-order valence-electron chi connectivity index (χ3n) is 5.03. The highest BCUT2D eigenvalue weighted by molar-refractivity contribution is 14.0. The maximum Gasteiger partial charge on any atom is 0.191 e. The number of benzene rings is 1. The van der Waals surface area contributed by atoms with Gasteiger partial charge >= 0.3 is 0 Å². The number of nitrogens with one attached hydrogen (secondary N) is 2. The molecule has 1 aliphatic heterocycles. The molecule has 3 rings (SSSR count). The summed E-state index contributed by atoms with van der Waals surface area (Å²) >= 11 is 1.81. The zero-order valence-electron chi connectivity index (χ0n) is 17.1. The van der Waals surface area contributed by atoms with Crippen LogP contribution in [0.25, 0.3) is 0 Å². The molecule has 0 amide bonds. The van der Waals surface area contributed by atoms with Crippen molar-refractivity contribution in [3.8, 4) is 0 Å². The Hall–Kier alpha value is -1.39. The molecule has 0 saturated carbocycles. The van der Waals surface area contributed by atoms with Crippen LogP contribution in [0.3, 0.4) is 0 Å². The Morgan fingerprint density at radius 2 is 1.97 bits per heavy atom. The second-order valence-electron chi connectivity index (χ2n) is 7.22. The van der Waals surface area contributed by atoms with Gasteiger partial charge in [-0.15, -0.1) is 35.3 Å². The molecule has 2 N–H and O–H groups in total. The lowest BCUT2D eigenvalue weighted by Gasteiger charge is -2.33. The molecular formula is C21H31FIN5S. The van der Waals surface area contributed by atoms with E-state index >= 15 is 0 Å². The lowest BCUT2D eigenvalue weighted by atomic mass is 10.1. The quantitative estimate of drug-likeness (QED) is 0.325. The Bertz CT molecular complexity index is 730. The molecule has 1 fully saturated rings. The number of aliphatic imine (C=N–C) groups is 1. The highest BCUT2D eigenvalue weighted by Crippen LogP contribution is 2.24. The molecule has 0 unspecified atom stereocenters. The molecule has 0 bridgehead atoms. The SMILES string of the molecule is CN=C(NCCN(C)Cc1ccc(F)cc1)NC1CCN(c2cccs2)CC1.I. The Balaban J connectivity index is 0.00000300. The number of anilines is 1. The fourth-order valence-corrected chi connectivity index (χ4v) is 4.21. The van der Waals surface area contributed by atoms with Gasteiger partial charge in [-0.3, -0.25) is 4.99 Å². The maximum absolute atomic E-state index is 13.0. The van der Waals surface area contributed by atoms with Crippen LogP contribution in [0, 0.1) is 5.82 Å². The van der Waals surface area contributed by atoms with Gasteiger partial charge in [-0.05, 0) is 55.1 Å². The van der Waals surface area contributed by atoms with Gasteiger partial charge in [-0.2, -0.15) is 0 Å².